The number of halogens is 3. The van der Waals surface area contributed by atoms with Crippen molar-refractivity contribution in [1.29, 1.82) is 5.26 Å². The Morgan fingerprint density at radius 2 is 1.84 bits per heavy atom. The summed E-state index contributed by atoms with van der Waals surface area (Å²) in [6.45, 7) is 1.82. The van der Waals surface area contributed by atoms with E-state index in [1.165, 1.54) is 36.4 Å². The van der Waals surface area contributed by atoms with Gasteiger partial charge in [0.2, 0.25) is 11.8 Å². The summed E-state index contributed by atoms with van der Waals surface area (Å²) >= 11 is 0. The smallest absolute Gasteiger partial charge is 0.417 e. The van der Waals surface area contributed by atoms with Crippen molar-refractivity contribution in [1.82, 2.24) is 0 Å². The molecule has 3 saturated heterocycles. The second-order valence-electron chi connectivity index (χ2n) is 9.64. The molecule has 37 heavy (non-hydrogen) atoms. The number of nitro groups is 1. The normalized spacial score (nSPS) is 28.4. The molecule has 192 valence electrons. The monoisotopic (exact) mass is 515 g/mol. The molecule has 2 aromatic carbocycles. The molecule has 9 nitrogen and oxygen atoms in total. The summed E-state index contributed by atoms with van der Waals surface area (Å²) in [5.74, 6) is -2.66. The van der Waals surface area contributed by atoms with E-state index in [0.717, 1.165) is 11.0 Å². The van der Waals surface area contributed by atoms with Crippen LogP contribution in [0.5, 0.6) is 5.75 Å². The fourth-order valence-electron chi connectivity index (χ4n) is 5.87. The average molecular weight is 515 g/mol. The number of nitro benzene ring substituents is 1. The third kappa shape index (κ3) is 3.81. The van der Waals surface area contributed by atoms with Gasteiger partial charge in [-0.2, -0.15) is 18.4 Å². The van der Waals surface area contributed by atoms with E-state index in [9.17, 15) is 32.9 Å². The highest BCUT2D eigenvalue weighted by Gasteiger charge is 2.73. The van der Waals surface area contributed by atoms with Gasteiger partial charge >= 0.3 is 6.18 Å². The Morgan fingerprint density at radius 1 is 1.16 bits per heavy atom. The quantitative estimate of drug-likeness (QED) is 0.318. The number of fused-ring (bicyclic) bond motifs is 5. The third-order valence-corrected chi connectivity index (χ3v) is 7.54. The van der Waals surface area contributed by atoms with Crippen LogP contribution in [0, 0.1) is 33.3 Å². The fraction of sp³-hybridized carbons (Fsp3) is 0.400. The first-order chi connectivity index (χ1) is 17.4. The number of nitrogens with zero attached hydrogens (tertiary/aromatic N) is 3. The van der Waals surface area contributed by atoms with Crippen LogP contribution in [0.1, 0.15) is 37.3 Å². The zero-order valence-electron chi connectivity index (χ0n) is 19.4. The molecule has 2 amide bonds. The van der Waals surface area contributed by atoms with Crippen molar-refractivity contribution in [3.8, 4) is 11.8 Å². The Labute approximate surface area is 208 Å². The minimum Gasteiger partial charge on any atom is -0.493 e. The van der Waals surface area contributed by atoms with Crippen molar-refractivity contribution in [2.24, 2.45) is 11.8 Å². The molecule has 5 rings (SSSR count). The number of carbonyl (C=O) groups is 2. The van der Waals surface area contributed by atoms with Gasteiger partial charge in [0, 0.05) is 18.6 Å². The molecule has 3 heterocycles. The van der Waals surface area contributed by atoms with Crippen molar-refractivity contribution in [2.75, 3.05) is 11.5 Å². The van der Waals surface area contributed by atoms with Gasteiger partial charge in [-0.3, -0.25) is 19.7 Å². The predicted octanol–water partition coefficient (Wildman–Crippen LogP) is 4.38. The molecule has 0 N–H and O–H groups in total. The summed E-state index contributed by atoms with van der Waals surface area (Å²) in [6.07, 6.45) is -3.66. The van der Waals surface area contributed by atoms with Crippen molar-refractivity contribution < 1.29 is 37.2 Å². The molecule has 0 radical (unpaired) electrons. The van der Waals surface area contributed by atoms with E-state index in [1.54, 1.807) is 6.92 Å². The Kier molecular flexibility index (Phi) is 5.52. The molecule has 2 bridgehead atoms. The van der Waals surface area contributed by atoms with E-state index < -0.39 is 57.1 Å². The molecule has 3 fully saturated rings. The first-order valence-corrected chi connectivity index (χ1v) is 11.5. The van der Waals surface area contributed by atoms with E-state index in [-0.39, 0.29) is 24.4 Å². The molecule has 3 aliphatic heterocycles. The summed E-state index contributed by atoms with van der Waals surface area (Å²) in [4.78, 5) is 38.1. The Hall–Kier alpha value is -3.98. The molecular weight excluding hydrogens is 495 g/mol. The van der Waals surface area contributed by atoms with Crippen LogP contribution in [-0.2, 0) is 20.5 Å². The van der Waals surface area contributed by atoms with Crippen LogP contribution >= 0.6 is 0 Å². The first kappa shape index (κ1) is 24.7. The third-order valence-electron chi connectivity index (χ3n) is 7.54. The van der Waals surface area contributed by atoms with Crippen molar-refractivity contribution in [2.45, 2.75) is 43.6 Å². The number of anilines is 1. The number of amides is 2. The SMILES string of the molecule is CC12CCC(CCOc3ccc([N+](=O)[O-])cc3)(O1)C1C(=O)N(c3ccc(C#N)c(C(F)(F)F)c3)C(=O)C12. The van der Waals surface area contributed by atoms with Gasteiger partial charge in [-0.15, -0.1) is 0 Å². The molecule has 0 spiro atoms. The first-order valence-electron chi connectivity index (χ1n) is 11.5. The molecule has 4 unspecified atom stereocenters. The summed E-state index contributed by atoms with van der Waals surface area (Å²) in [6, 6.07) is 9.75. The number of nitriles is 1. The number of rotatable bonds is 6. The topological polar surface area (TPSA) is 123 Å². The molecule has 0 aromatic heterocycles. The van der Waals surface area contributed by atoms with Gasteiger partial charge in [-0.25, -0.2) is 4.90 Å². The molecule has 3 aliphatic rings. The summed E-state index contributed by atoms with van der Waals surface area (Å²) < 4.78 is 52.5. The van der Waals surface area contributed by atoms with E-state index >= 15 is 0 Å². The number of imide groups is 1. The molecule has 0 saturated carbocycles. The van der Waals surface area contributed by atoms with Gasteiger partial charge in [0.15, 0.2) is 0 Å². The largest absolute Gasteiger partial charge is 0.493 e. The Bertz CT molecular complexity index is 1350. The summed E-state index contributed by atoms with van der Waals surface area (Å²) in [7, 11) is 0. The lowest BCUT2D eigenvalue weighted by atomic mass is 9.67. The lowest BCUT2D eigenvalue weighted by molar-refractivity contribution is -0.384. The second-order valence-corrected chi connectivity index (χ2v) is 9.64. The van der Waals surface area contributed by atoms with Crippen molar-refractivity contribution >= 4 is 23.2 Å². The van der Waals surface area contributed by atoms with Crippen LogP contribution in [0.3, 0.4) is 0 Å². The van der Waals surface area contributed by atoms with Crippen LogP contribution in [0.25, 0.3) is 0 Å². The highest BCUT2D eigenvalue weighted by molar-refractivity contribution is 6.23. The van der Waals surface area contributed by atoms with Gasteiger partial charge in [0.05, 0.1) is 57.5 Å². The molecule has 12 heteroatoms. The maximum Gasteiger partial charge on any atom is 0.417 e. The minimum absolute atomic E-state index is 0.0909. The lowest BCUT2D eigenvalue weighted by Crippen LogP contribution is -2.43. The number of ether oxygens (including phenoxy) is 2. The molecular formula is C25H20F3N3O6. The van der Waals surface area contributed by atoms with Crippen LogP contribution in [0.2, 0.25) is 0 Å². The number of carbonyl (C=O) groups excluding carboxylic acids is 2. The van der Waals surface area contributed by atoms with Gasteiger partial charge < -0.3 is 9.47 Å². The van der Waals surface area contributed by atoms with Gasteiger partial charge in [0.25, 0.3) is 5.69 Å². The van der Waals surface area contributed by atoms with Gasteiger partial charge in [-0.1, -0.05) is 0 Å². The number of hydrogen-bond donors (Lipinski definition) is 0. The number of non-ortho nitro benzene ring substituents is 1. The van der Waals surface area contributed by atoms with Crippen molar-refractivity contribution in [3.63, 3.8) is 0 Å². The van der Waals surface area contributed by atoms with Crippen LogP contribution < -0.4 is 9.64 Å². The highest BCUT2D eigenvalue weighted by Crippen LogP contribution is 2.62. The number of hydrogen-bond acceptors (Lipinski definition) is 7. The van der Waals surface area contributed by atoms with E-state index in [1.807, 2.05) is 0 Å². The average Bonchev–Trinajstić information content (AvgIpc) is 3.43. The molecule has 0 aliphatic carbocycles. The maximum absolute atomic E-state index is 13.6. The summed E-state index contributed by atoms with van der Waals surface area (Å²) in [5, 5.41) is 19.9. The van der Waals surface area contributed by atoms with Crippen LogP contribution in [0.15, 0.2) is 42.5 Å². The van der Waals surface area contributed by atoms with Crippen LogP contribution in [-0.4, -0.2) is 34.5 Å². The minimum atomic E-state index is -4.84. The Morgan fingerprint density at radius 3 is 2.46 bits per heavy atom. The van der Waals surface area contributed by atoms with E-state index in [2.05, 4.69) is 0 Å². The standard InChI is InChI=1S/C25H20F3N3O6/c1-23-8-9-24(37-23,10-11-36-17-6-4-15(5-7-17)31(34)35)20-19(23)21(32)30(22(20)33)16-3-2-14(13-29)18(12-16)25(26,27)28/h2-7,12,19-20H,8-11H2,1H3. The van der Waals surface area contributed by atoms with Crippen LogP contribution in [0.4, 0.5) is 24.5 Å². The van der Waals surface area contributed by atoms with E-state index in [0.29, 0.717) is 24.7 Å². The zero-order valence-corrected chi connectivity index (χ0v) is 19.4. The van der Waals surface area contributed by atoms with Gasteiger partial charge in [-0.05, 0) is 50.1 Å². The Balaban J connectivity index is 1.40. The lowest BCUT2D eigenvalue weighted by Gasteiger charge is -2.31. The molecule has 2 aromatic rings. The van der Waals surface area contributed by atoms with Gasteiger partial charge in [0.1, 0.15) is 5.75 Å². The molecule has 4 atom stereocenters. The maximum atomic E-state index is 13.6. The predicted molar refractivity (Wildman–Crippen MR) is 120 cm³/mol. The fourth-order valence-corrected chi connectivity index (χ4v) is 5.87. The summed E-state index contributed by atoms with van der Waals surface area (Å²) in [5.41, 5.74) is -4.16. The van der Waals surface area contributed by atoms with E-state index in [4.69, 9.17) is 14.7 Å². The highest BCUT2D eigenvalue weighted by atomic mass is 19.4. The number of benzene rings is 2. The number of alkyl halides is 3. The zero-order chi connectivity index (χ0) is 26.8. The second kappa shape index (κ2) is 8.27. The van der Waals surface area contributed by atoms with Crippen molar-refractivity contribution in [3.05, 3.63) is 63.7 Å².